The predicted molar refractivity (Wildman–Crippen MR) is 110 cm³/mol. The van der Waals surface area contributed by atoms with Gasteiger partial charge in [0.25, 0.3) is 11.5 Å². The highest BCUT2D eigenvalue weighted by Crippen LogP contribution is 2.30. The summed E-state index contributed by atoms with van der Waals surface area (Å²) in [7, 11) is 1.49. The van der Waals surface area contributed by atoms with Gasteiger partial charge < -0.3 is 19.7 Å². The third kappa shape index (κ3) is 4.29. The number of ether oxygens (including phenoxy) is 1. The summed E-state index contributed by atoms with van der Waals surface area (Å²) in [5.41, 5.74) is -0.560. The van der Waals surface area contributed by atoms with E-state index in [1.165, 1.54) is 23.0 Å². The lowest BCUT2D eigenvalue weighted by Gasteiger charge is -2.19. The lowest BCUT2D eigenvalue weighted by molar-refractivity contribution is -0.153. The van der Waals surface area contributed by atoms with Crippen LogP contribution in [0, 0.1) is 0 Å². The fraction of sp³-hybridized carbons (Fsp3) is 0.300. The lowest BCUT2D eigenvalue weighted by Crippen LogP contribution is -2.37. The molecule has 0 radical (unpaired) electrons. The van der Waals surface area contributed by atoms with Crippen molar-refractivity contribution in [3.8, 4) is 16.2 Å². The first-order chi connectivity index (χ1) is 13.6. The second-order valence-corrected chi connectivity index (χ2v) is 8.37. The Balaban J connectivity index is 1.95. The number of esters is 1. The van der Waals surface area contributed by atoms with Crippen molar-refractivity contribution in [2.24, 2.45) is 7.05 Å². The highest BCUT2D eigenvalue weighted by atomic mass is 32.1. The molecule has 0 spiro atoms. The molecule has 152 valence electrons. The highest BCUT2D eigenvalue weighted by molar-refractivity contribution is 7.13. The van der Waals surface area contributed by atoms with E-state index in [9.17, 15) is 19.5 Å². The molecule has 0 unspecified atom stereocenters. The molecular formula is C20H21N3O5S. The van der Waals surface area contributed by atoms with E-state index in [-0.39, 0.29) is 5.52 Å². The minimum Gasteiger partial charge on any atom is -0.505 e. The first-order valence-corrected chi connectivity index (χ1v) is 9.72. The molecule has 3 aromatic rings. The standard InChI is InChI=1S/C20H21N3O5S/c1-20(2,3)28-14(24)10-22-18(26)15-17(25)16-12(23(4)19(15)27)8-11(9-21-16)13-6-5-7-29-13/h5-9,25H,10H2,1-4H3,(H,22,26). The van der Waals surface area contributed by atoms with Crippen LogP contribution in [0.1, 0.15) is 31.1 Å². The average Bonchev–Trinajstić information content (AvgIpc) is 3.17. The molecule has 0 aliphatic carbocycles. The zero-order valence-electron chi connectivity index (χ0n) is 16.5. The number of fused-ring (bicyclic) bond motifs is 1. The number of aromatic hydroxyl groups is 1. The number of nitrogens with zero attached hydrogens (tertiary/aromatic N) is 2. The topological polar surface area (TPSA) is 111 Å². The van der Waals surface area contributed by atoms with Crippen molar-refractivity contribution in [2.75, 3.05) is 6.54 Å². The maximum atomic E-state index is 12.7. The Morgan fingerprint density at radius 1 is 1.34 bits per heavy atom. The van der Waals surface area contributed by atoms with Crippen molar-refractivity contribution in [1.82, 2.24) is 14.9 Å². The van der Waals surface area contributed by atoms with Gasteiger partial charge in [-0.25, -0.2) is 0 Å². The van der Waals surface area contributed by atoms with E-state index in [1.807, 2.05) is 17.5 Å². The largest absolute Gasteiger partial charge is 0.505 e. The molecule has 8 nitrogen and oxygen atoms in total. The highest BCUT2D eigenvalue weighted by Gasteiger charge is 2.24. The van der Waals surface area contributed by atoms with Gasteiger partial charge in [-0.3, -0.25) is 19.4 Å². The Hall–Kier alpha value is -3.20. The molecule has 9 heteroatoms. The van der Waals surface area contributed by atoms with Crippen LogP contribution in [0.3, 0.4) is 0 Å². The van der Waals surface area contributed by atoms with Crippen LogP contribution in [0.15, 0.2) is 34.6 Å². The second-order valence-electron chi connectivity index (χ2n) is 7.43. The molecule has 0 aliphatic heterocycles. The van der Waals surface area contributed by atoms with Gasteiger partial charge in [0.15, 0.2) is 5.75 Å². The Morgan fingerprint density at radius 3 is 2.69 bits per heavy atom. The van der Waals surface area contributed by atoms with Crippen LogP contribution in [-0.2, 0) is 16.6 Å². The van der Waals surface area contributed by atoms with Crippen molar-refractivity contribution in [3.63, 3.8) is 0 Å². The molecule has 2 N–H and O–H groups in total. The quantitative estimate of drug-likeness (QED) is 0.633. The van der Waals surface area contributed by atoms with Gasteiger partial charge in [-0.1, -0.05) is 6.07 Å². The first kappa shape index (κ1) is 20.5. The summed E-state index contributed by atoms with van der Waals surface area (Å²) in [5, 5.41) is 14.8. The second kappa shape index (κ2) is 7.67. The fourth-order valence-electron chi connectivity index (χ4n) is 2.79. The van der Waals surface area contributed by atoms with Crippen molar-refractivity contribution in [3.05, 3.63) is 45.7 Å². The van der Waals surface area contributed by atoms with Gasteiger partial charge in [-0.15, -0.1) is 11.3 Å². The van der Waals surface area contributed by atoms with Gasteiger partial charge in [0.05, 0.1) is 5.52 Å². The Kier molecular flexibility index (Phi) is 5.43. The summed E-state index contributed by atoms with van der Waals surface area (Å²) in [6.45, 7) is 4.68. The smallest absolute Gasteiger partial charge is 0.325 e. The number of carbonyl (C=O) groups is 2. The van der Waals surface area contributed by atoms with E-state index < -0.39 is 40.9 Å². The van der Waals surface area contributed by atoms with E-state index in [4.69, 9.17) is 4.74 Å². The Labute approximate surface area is 170 Å². The van der Waals surface area contributed by atoms with Crippen molar-refractivity contribution >= 4 is 34.2 Å². The number of hydrogen-bond donors (Lipinski definition) is 2. The normalized spacial score (nSPS) is 11.4. The lowest BCUT2D eigenvalue weighted by atomic mass is 10.1. The van der Waals surface area contributed by atoms with E-state index in [0.29, 0.717) is 5.52 Å². The summed E-state index contributed by atoms with van der Waals surface area (Å²) in [6, 6.07) is 5.56. The molecule has 0 atom stereocenters. The minimum atomic E-state index is -0.875. The number of thiophene rings is 1. The van der Waals surface area contributed by atoms with Crippen LogP contribution in [0.2, 0.25) is 0 Å². The van der Waals surface area contributed by atoms with Crippen LogP contribution in [0.5, 0.6) is 5.75 Å². The SMILES string of the molecule is Cn1c(=O)c(C(=O)NCC(=O)OC(C)(C)C)c(O)c2ncc(-c3cccs3)cc21. The first-order valence-electron chi connectivity index (χ1n) is 8.84. The monoisotopic (exact) mass is 415 g/mol. The van der Waals surface area contributed by atoms with Crippen molar-refractivity contribution in [2.45, 2.75) is 26.4 Å². The Bertz CT molecular complexity index is 1140. The molecular weight excluding hydrogens is 394 g/mol. The van der Waals surface area contributed by atoms with Crippen LogP contribution in [-0.4, -0.2) is 38.7 Å². The van der Waals surface area contributed by atoms with E-state index in [2.05, 4.69) is 10.3 Å². The van der Waals surface area contributed by atoms with Crippen LogP contribution in [0.25, 0.3) is 21.5 Å². The van der Waals surface area contributed by atoms with Crippen molar-refractivity contribution < 1.29 is 19.4 Å². The molecule has 0 bridgehead atoms. The van der Waals surface area contributed by atoms with Crippen LogP contribution in [0.4, 0.5) is 0 Å². The molecule has 0 saturated carbocycles. The number of aryl methyl sites for hydroxylation is 1. The van der Waals surface area contributed by atoms with E-state index in [1.54, 1.807) is 33.0 Å². The predicted octanol–water partition coefficient (Wildman–Crippen LogP) is 2.44. The summed E-state index contributed by atoms with van der Waals surface area (Å²) in [4.78, 5) is 42.2. The summed E-state index contributed by atoms with van der Waals surface area (Å²) < 4.78 is 6.37. The number of pyridine rings is 2. The fourth-order valence-corrected chi connectivity index (χ4v) is 3.50. The maximum Gasteiger partial charge on any atom is 0.325 e. The van der Waals surface area contributed by atoms with E-state index in [0.717, 1.165) is 10.4 Å². The van der Waals surface area contributed by atoms with Gasteiger partial charge in [-0.05, 0) is 38.3 Å². The van der Waals surface area contributed by atoms with Gasteiger partial charge >= 0.3 is 5.97 Å². The Morgan fingerprint density at radius 2 is 2.07 bits per heavy atom. The van der Waals surface area contributed by atoms with Crippen LogP contribution >= 0.6 is 11.3 Å². The molecule has 0 aliphatic rings. The van der Waals surface area contributed by atoms with Gasteiger partial charge in [0, 0.05) is 23.7 Å². The van der Waals surface area contributed by atoms with Gasteiger partial charge in [-0.2, -0.15) is 0 Å². The van der Waals surface area contributed by atoms with Gasteiger partial charge in [0.2, 0.25) is 0 Å². The minimum absolute atomic E-state index is 0.120. The maximum absolute atomic E-state index is 12.7. The molecule has 3 aromatic heterocycles. The molecule has 29 heavy (non-hydrogen) atoms. The zero-order valence-corrected chi connectivity index (χ0v) is 17.3. The summed E-state index contributed by atoms with van der Waals surface area (Å²) in [5.74, 6) is -2.05. The van der Waals surface area contributed by atoms with E-state index >= 15 is 0 Å². The van der Waals surface area contributed by atoms with Crippen molar-refractivity contribution in [1.29, 1.82) is 0 Å². The molecule has 3 heterocycles. The third-order valence-electron chi connectivity index (χ3n) is 4.05. The number of aromatic nitrogens is 2. The number of hydrogen-bond acceptors (Lipinski definition) is 7. The number of nitrogens with one attached hydrogen (secondary N) is 1. The third-order valence-corrected chi connectivity index (χ3v) is 4.97. The average molecular weight is 415 g/mol. The molecule has 0 fully saturated rings. The van der Waals surface area contributed by atoms with Crippen LogP contribution < -0.4 is 10.9 Å². The molecule has 0 saturated heterocycles. The number of rotatable bonds is 4. The zero-order chi connectivity index (χ0) is 21.3. The summed E-state index contributed by atoms with van der Waals surface area (Å²) >= 11 is 1.52. The molecule has 1 amide bonds. The molecule has 3 rings (SSSR count). The summed E-state index contributed by atoms with van der Waals surface area (Å²) in [6.07, 6.45) is 1.57. The van der Waals surface area contributed by atoms with Gasteiger partial charge in [0.1, 0.15) is 23.2 Å². The number of carbonyl (C=O) groups excluding carboxylic acids is 2. The molecule has 0 aromatic carbocycles. The number of amides is 1.